The van der Waals surface area contributed by atoms with Gasteiger partial charge in [-0.3, -0.25) is 0 Å². The van der Waals surface area contributed by atoms with E-state index < -0.39 is 11.3 Å². The Kier molecular flexibility index (Phi) is 6.60. The molecule has 1 heterocycles. The van der Waals surface area contributed by atoms with Crippen molar-refractivity contribution < 1.29 is 14.3 Å². The Morgan fingerprint density at radius 2 is 1.82 bits per heavy atom. The molecule has 126 valence electrons. The zero-order valence-electron chi connectivity index (χ0n) is 13.9. The fraction of sp³-hybridized carbons (Fsp3) is 0.600. The van der Waals surface area contributed by atoms with E-state index in [0.717, 1.165) is 24.0 Å². The first-order valence-corrected chi connectivity index (χ1v) is 13.3. The molecule has 0 aliphatic carbocycles. The van der Waals surface area contributed by atoms with Crippen molar-refractivity contribution in [1.29, 1.82) is 0 Å². The van der Waals surface area contributed by atoms with Crippen LogP contribution in [0.3, 0.4) is 0 Å². The number of nitrogens with one attached hydrogen (secondary N) is 1. The van der Waals surface area contributed by atoms with Crippen LogP contribution >= 0.6 is 32.1 Å². The number of rotatable bonds is 7. The molecule has 0 unspecified atom stereocenters. The molecule has 0 aliphatic heterocycles. The van der Waals surface area contributed by atoms with E-state index in [1.54, 1.807) is 0 Å². The molecule has 1 aromatic heterocycles. The summed E-state index contributed by atoms with van der Waals surface area (Å²) in [5, 5.41) is 2.61. The molecule has 0 aliphatic rings. The fourth-order valence-electron chi connectivity index (χ4n) is 2.39. The number of ether oxygens (including phenoxy) is 1. The molecule has 7 heteroatoms. The predicted octanol–water partition coefficient (Wildman–Crippen LogP) is 4.70. The second-order valence-electron chi connectivity index (χ2n) is 5.59. The molecule has 1 amide bonds. The summed E-state index contributed by atoms with van der Waals surface area (Å²) in [6.07, 6.45) is 3.44. The van der Waals surface area contributed by atoms with Gasteiger partial charge in [-0.25, -0.2) is 0 Å². The maximum absolute atomic E-state index is 12.6. The van der Waals surface area contributed by atoms with Gasteiger partial charge in [-0.2, -0.15) is 0 Å². The van der Waals surface area contributed by atoms with E-state index in [9.17, 15) is 9.59 Å². The Labute approximate surface area is 144 Å². The number of halogens is 1. The summed E-state index contributed by atoms with van der Waals surface area (Å²) in [4.78, 5) is 24.8. The number of hydrogen-bond donors (Lipinski definition) is 1. The Hall–Kier alpha value is -0.450. The van der Waals surface area contributed by atoms with Gasteiger partial charge >= 0.3 is 145 Å². The Morgan fingerprint density at radius 3 is 2.27 bits per heavy atom. The van der Waals surface area contributed by atoms with Crippen molar-refractivity contribution in [1.82, 2.24) is 0 Å². The van der Waals surface area contributed by atoms with Crippen LogP contribution in [0.1, 0.15) is 36.0 Å². The SMILES string of the molecule is CCP(Br)(CC)(CC)CC(=O)Nc1c(C)csc1C(=O)OC. The average Bonchev–Trinajstić information content (AvgIpc) is 2.87. The van der Waals surface area contributed by atoms with E-state index in [2.05, 4.69) is 41.6 Å². The van der Waals surface area contributed by atoms with E-state index >= 15 is 0 Å². The number of thiophene rings is 1. The van der Waals surface area contributed by atoms with Crippen molar-refractivity contribution in [2.75, 3.05) is 37.1 Å². The first kappa shape index (κ1) is 19.6. The molecule has 22 heavy (non-hydrogen) atoms. The van der Waals surface area contributed by atoms with Crippen molar-refractivity contribution >= 4 is 49.7 Å². The van der Waals surface area contributed by atoms with Crippen molar-refractivity contribution in [2.24, 2.45) is 0 Å². The van der Waals surface area contributed by atoms with Gasteiger partial charge in [-0.05, 0) is 0 Å². The summed E-state index contributed by atoms with van der Waals surface area (Å²) in [5.41, 5.74) is 1.47. The third-order valence-corrected chi connectivity index (χ3v) is 16.7. The van der Waals surface area contributed by atoms with Crippen LogP contribution < -0.4 is 5.32 Å². The number of methoxy groups -OCH3 is 1. The number of carbonyl (C=O) groups excluding carboxylic acids is 2. The van der Waals surface area contributed by atoms with E-state index in [0.29, 0.717) is 16.7 Å². The Morgan fingerprint density at radius 1 is 1.27 bits per heavy atom. The Bertz CT molecular complexity index is 558. The van der Waals surface area contributed by atoms with E-state index in [-0.39, 0.29) is 5.91 Å². The molecule has 0 radical (unpaired) electrons. The normalized spacial score (nSPS) is 13.3. The minimum absolute atomic E-state index is 0.0354. The molecule has 0 saturated carbocycles. The van der Waals surface area contributed by atoms with Crippen LogP contribution in [0.4, 0.5) is 5.69 Å². The van der Waals surface area contributed by atoms with Gasteiger partial charge in [0.2, 0.25) is 0 Å². The summed E-state index contributed by atoms with van der Waals surface area (Å²) in [5.74, 6) is -0.446. The van der Waals surface area contributed by atoms with E-state index in [1.807, 2.05) is 12.3 Å². The number of carbonyl (C=O) groups is 2. The summed E-state index contributed by atoms with van der Waals surface area (Å²) in [7, 11) is 1.35. The van der Waals surface area contributed by atoms with Gasteiger partial charge in [-0.1, -0.05) is 0 Å². The van der Waals surface area contributed by atoms with Gasteiger partial charge in [0, 0.05) is 0 Å². The van der Waals surface area contributed by atoms with Crippen LogP contribution in [-0.4, -0.2) is 43.6 Å². The monoisotopic (exact) mass is 409 g/mol. The van der Waals surface area contributed by atoms with Crippen LogP contribution in [0, 0.1) is 6.92 Å². The van der Waals surface area contributed by atoms with Crippen LogP contribution in [0.5, 0.6) is 0 Å². The maximum atomic E-state index is 12.6. The molecule has 0 aromatic carbocycles. The first-order chi connectivity index (χ1) is 10.2. The van der Waals surface area contributed by atoms with Crippen LogP contribution in [0.15, 0.2) is 5.38 Å². The molecule has 1 rings (SSSR count). The predicted molar refractivity (Wildman–Crippen MR) is 101 cm³/mol. The summed E-state index contributed by atoms with van der Waals surface area (Å²) < 4.78 is 4.78. The van der Waals surface area contributed by atoms with Gasteiger partial charge in [0.15, 0.2) is 0 Å². The van der Waals surface area contributed by atoms with Crippen LogP contribution in [-0.2, 0) is 9.53 Å². The molecule has 0 atom stereocenters. The number of anilines is 1. The van der Waals surface area contributed by atoms with Crippen molar-refractivity contribution in [2.45, 2.75) is 27.7 Å². The topological polar surface area (TPSA) is 55.4 Å². The van der Waals surface area contributed by atoms with Gasteiger partial charge < -0.3 is 0 Å². The molecule has 0 saturated heterocycles. The molecule has 0 fully saturated rings. The number of hydrogen-bond acceptors (Lipinski definition) is 4. The first-order valence-electron chi connectivity index (χ1n) is 7.41. The molecule has 0 bridgehead atoms. The standard InChI is InChI=1S/C15H25BrNO3PS/c1-6-21(16,7-2,8-3)9-12(18)17-13-11(4)10-22-14(13)15(19)20-5/h10H,6-9H2,1-5H3,(H,17,18). The van der Waals surface area contributed by atoms with Crippen molar-refractivity contribution in [3.8, 4) is 0 Å². The third kappa shape index (κ3) is 4.09. The van der Waals surface area contributed by atoms with Crippen molar-refractivity contribution in [3.63, 3.8) is 0 Å². The van der Waals surface area contributed by atoms with Crippen LogP contribution in [0.2, 0.25) is 0 Å². The van der Waals surface area contributed by atoms with Gasteiger partial charge in [-0.15, -0.1) is 0 Å². The summed E-state index contributed by atoms with van der Waals surface area (Å²) in [6, 6.07) is 0. The van der Waals surface area contributed by atoms with Crippen molar-refractivity contribution in [3.05, 3.63) is 15.8 Å². The molecule has 1 aromatic rings. The molecule has 1 N–H and O–H groups in total. The van der Waals surface area contributed by atoms with E-state index in [4.69, 9.17) is 4.74 Å². The van der Waals surface area contributed by atoms with Crippen LogP contribution in [0.25, 0.3) is 0 Å². The molecular weight excluding hydrogens is 385 g/mol. The number of esters is 1. The number of aryl methyl sites for hydroxylation is 1. The van der Waals surface area contributed by atoms with Gasteiger partial charge in [0.25, 0.3) is 0 Å². The van der Waals surface area contributed by atoms with Gasteiger partial charge in [0.1, 0.15) is 0 Å². The Balaban J connectivity index is 3.00. The second kappa shape index (κ2) is 7.41. The average molecular weight is 410 g/mol. The number of amides is 1. The quantitative estimate of drug-likeness (QED) is 0.524. The molecule has 4 nitrogen and oxygen atoms in total. The summed E-state index contributed by atoms with van der Waals surface area (Å²) >= 11 is 5.25. The zero-order valence-corrected chi connectivity index (χ0v) is 17.2. The molecule has 0 spiro atoms. The van der Waals surface area contributed by atoms with Gasteiger partial charge in [0.05, 0.1) is 0 Å². The zero-order chi connectivity index (χ0) is 17.0. The molecular formula is C15H25BrNO3PS. The fourth-order valence-corrected chi connectivity index (χ4v) is 6.80. The van der Waals surface area contributed by atoms with E-state index in [1.165, 1.54) is 18.4 Å². The summed E-state index contributed by atoms with van der Waals surface area (Å²) in [6.45, 7) is 8.31. The second-order valence-corrected chi connectivity index (χ2v) is 18.3. The third-order valence-electron chi connectivity index (χ3n) is 4.52. The minimum atomic E-state index is -2.17.